The molecule has 0 atom stereocenters. The molecule has 7 nitrogen and oxygen atoms in total. The van der Waals surface area contributed by atoms with Gasteiger partial charge in [0.05, 0.1) is 26.4 Å². The minimum atomic E-state index is 0.0880. The van der Waals surface area contributed by atoms with E-state index in [0.717, 1.165) is 12.8 Å². The molecule has 1 rings (SSSR count). The van der Waals surface area contributed by atoms with Gasteiger partial charge >= 0.3 is 0 Å². The molecule has 7 heteroatoms. The van der Waals surface area contributed by atoms with Crippen LogP contribution in [-0.2, 0) is 14.2 Å². The van der Waals surface area contributed by atoms with E-state index in [1.807, 2.05) is 0 Å². The maximum Gasteiger partial charge on any atom is 0.119 e. The van der Waals surface area contributed by atoms with E-state index in [1.54, 1.807) is 6.07 Å². The zero-order chi connectivity index (χ0) is 17.2. The molecule has 0 amide bonds. The van der Waals surface area contributed by atoms with Gasteiger partial charge in [-0.25, -0.2) is 0 Å². The summed E-state index contributed by atoms with van der Waals surface area (Å²) >= 11 is 0. The minimum Gasteiger partial charge on any atom is -0.508 e. The third-order valence-electron chi connectivity index (χ3n) is 2.56. The van der Waals surface area contributed by atoms with Crippen LogP contribution >= 0.6 is 0 Å². The fraction of sp³-hybridized carbons (Fsp3) is 0.625. The van der Waals surface area contributed by atoms with E-state index in [2.05, 4.69) is 0 Å². The van der Waals surface area contributed by atoms with Crippen LogP contribution in [0, 0.1) is 0 Å². The molecule has 134 valence electrons. The average molecular weight is 330 g/mol. The molecule has 0 fully saturated rings. The molecule has 0 aliphatic rings. The Morgan fingerprint density at radius 2 is 1.09 bits per heavy atom. The van der Waals surface area contributed by atoms with Gasteiger partial charge < -0.3 is 35.9 Å². The molecule has 1 aromatic carbocycles. The van der Waals surface area contributed by atoms with E-state index in [-0.39, 0.29) is 11.5 Å². The number of phenolic OH excluding ortho intramolecular Hbond substituents is 2. The largest absolute Gasteiger partial charge is 0.508 e. The fourth-order valence-electron chi connectivity index (χ4n) is 1.41. The summed E-state index contributed by atoms with van der Waals surface area (Å²) in [6.07, 6.45) is 1.81. The molecule has 0 heterocycles. The fourth-order valence-corrected chi connectivity index (χ4v) is 1.41. The van der Waals surface area contributed by atoms with Crippen LogP contribution < -0.4 is 11.5 Å². The van der Waals surface area contributed by atoms with Gasteiger partial charge in [0.2, 0.25) is 0 Å². The van der Waals surface area contributed by atoms with Crippen molar-refractivity contribution in [3.8, 4) is 11.5 Å². The zero-order valence-electron chi connectivity index (χ0n) is 13.7. The third kappa shape index (κ3) is 16.8. The highest BCUT2D eigenvalue weighted by atomic mass is 16.5. The first-order valence-corrected chi connectivity index (χ1v) is 7.82. The number of nitrogens with two attached hydrogens (primary N) is 2. The van der Waals surface area contributed by atoms with Gasteiger partial charge in [-0.2, -0.15) is 0 Å². The van der Waals surface area contributed by atoms with E-state index < -0.39 is 0 Å². The SMILES string of the molecule is NCCCOCCOCCOCCCN.Oc1cccc(O)c1. The number of benzene rings is 1. The zero-order valence-corrected chi connectivity index (χ0v) is 13.7. The molecule has 0 saturated carbocycles. The lowest BCUT2D eigenvalue weighted by molar-refractivity contribution is 0.0143. The lowest BCUT2D eigenvalue weighted by atomic mass is 10.3. The molecule has 0 unspecified atom stereocenters. The van der Waals surface area contributed by atoms with E-state index >= 15 is 0 Å². The molecule has 1 aromatic rings. The predicted molar refractivity (Wildman–Crippen MR) is 89.6 cm³/mol. The van der Waals surface area contributed by atoms with Crippen molar-refractivity contribution < 1.29 is 24.4 Å². The quantitative estimate of drug-likeness (QED) is 0.419. The van der Waals surface area contributed by atoms with E-state index in [0.29, 0.717) is 52.7 Å². The Labute approximate surface area is 138 Å². The molecule has 6 N–H and O–H groups in total. The van der Waals surface area contributed by atoms with Gasteiger partial charge in [0.25, 0.3) is 0 Å². The van der Waals surface area contributed by atoms with Crippen molar-refractivity contribution in [3.63, 3.8) is 0 Å². The molecule has 0 saturated heterocycles. The van der Waals surface area contributed by atoms with Gasteiger partial charge in [-0.05, 0) is 38.1 Å². The molecule has 0 bridgehead atoms. The summed E-state index contributed by atoms with van der Waals surface area (Å²) in [6, 6.07) is 5.85. The van der Waals surface area contributed by atoms with Crippen LogP contribution in [0.5, 0.6) is 11.5 Å². The smallest absolute Gasteiger partial charge is 0.119 e. The Bertz CT molecular complexity index is 337. The second-order valence-corrected chi connectivity index (χ2v) is 4.64. The number of hydrogen-bond acceptors (Lipinski definition) is 7. The summed E-state index contributed by atoms with van der Waals surface area (Å²) in [5, 5.41) is 17.3. The summed E-state index contributed by atoms with van der Waals surface area (Å²) in [4.78, 5) is 0. The molecule has 0 aliphatic heterocycles. The van der Waals surface area contributed by atoms with Gasteiger partial charge in [0.1, 0.15) is 11.5 Å². The summed E-state index contributed by atoms with van der Waals surface area (Å²) in [5.74, 6) is 0.176. The van der Waals surface area contributed by atoms with Gasteiger partial charge in [-0.1, -0.05) is 6.07 Å². The summed E-state index contributed by atoms with van der Waals surface area (Å²) in [5.41, 5.74) is 10.6. The molecule has 23 heavy (non-hydrogen) atoms. The Hall–Kier alpha value is -1.38. The van der Waals surface area contributed by atoms with E-state index in [9.17, 15) is 0 Å². The van der Waals surface area contributed by atoms with Gasteiger partial charge in [-0.15, -0.1) is 0 Å². The van der Waals surface area contributed by atoms with Crippen molar-refractivity contribution >= 4 is 0 Å². The molecule has 0 aromatic heterocycles. The molecular formula is C16H30N2O5. The van der Waals surface area contributed by atoms with Crippen molar-refractivity contribution in [2.45, 2.75) is 12.8 Å². The summed E-state index contributed by atoms with van der Waals surface area (Å²) < 4.78 is 15.8. The minimum absolute atomic E-state index is 0.0880. The van der Waals surface area contributed by atoms with Crippen molar-refractivity contribution in [3.05, 3.63) is 24.3 Å². The van der Waals surface area contributed by atoms with Crippen LogP contribution in [0.4, 0.5) is 0 Å². The number of ether oxygens (including phenoxy) is 3. The van der Waals surface area contributed by atoms with Crippen molar-refractivity contribution in [1.29, 1.82) is 0 Å². The monoisotopic (exact) mass is 330 g/mol. The van der Waals surface area contributed by atoms with Crippen LogP contribution in [0.25, 0.3) is 0 Å². The summed E-state index contributed by atoms with van der Waals surface area (Å²) in [7, 11) is 0. The topological polar surface area (TPSA) is 120 Å². The summed E-state index contributed by atoms with van der Waals surface area (Å²) in [6.45, 7) is 5.27. The average Bonchev–Trinajstić information content (AvgIpc) is 2.53. The Kier molecular flexibility index (Phi) is 16.0. The number of aromatic hydroxyl groups is 2. The van der Waals surface area contributed by atoms with E-state index in [4.69, 9.17) is 35.9 Å². The molecule has 0 aliphatic carbocycles. The maximum atomic E-state index is 8.65. The van der Waals surface area contributed by atoms with Crippen molar-refractivity contribution in [1.82, 2.24) is 0 Å². The lowest BCUT2D eigenvalue weighted by Gasteiger charge is -2.06. The second-order valence-electron chi connectivity index (χ2n) is 4.64. The Morgan fingerprint density at radius 3 is 1.39 bits per heavy atom. The normalized spacial score (nSPS) is 10.2. The van der Waals surface area contributed by atoms with Crippen molar-refractivity contribution in [2.24, 2.45) is 11.5 Å². The van der Waals surface area contributed by atoms with Gasteiger partial charge in [-0.3, -0.25) is 0 Å². The standard InChI is InChI=1S/C10H24N2O3.C6H6O2/c11-3-1-5-13-7-9-15-10-8-14-6-2-4-12;7-5-2-1-3-6(8)4-5/h1-12H2;1-4,7-8H. The first kappa shape index (κ1) is 21.6. The van der Waals surface area contributed by atoms with Crippen LogP contribution in [0.15, 0.2) is 24.3 Å². The highest BCUT2D eigenvalue weighted by Gasteiger charge is 1.91. The Morgan fingerprint density at radius 1 is 0.696 bits per heavy atom. The number of rotatable bonds is 12. The van der Waals surface area contributed by atoms with Crippen LogP contribution in [0.2, 0.25) is 0 Å². The van der Waals surface area contributed by atoms with Gasteiger partial charge in [0.15, 0.2) is 0 Å². The number of phenols is 2. The molecule has 0 spiro atoms. The van der Waals surface area contributed by atoms with E-state index in [1.165, 1.54) is 18.2 Å². The van der Waals surface area contributed by atoms with Gasteiger partial charge in [0, 0.05) is 19.3 Å². The van der Waals surface area contributed by atoms with Crippen LogP contribution in [-0.4, -0.2) is 62.9 Å². The molecular weight excluding hydrogens is 300 g/mol. The highest BCUT2D eigenvalue weighted by Crippen LogP contribution is 2.14. The van der Waals surface area contributed by atoms with Crippen molar-refractivity contribution in [2.75, 3.05) is 52.7 Å². The first-order chi connectivity index (χ1) is 11.2. The maximum absolute atomic E-state index is 8.65. The number of hydrogen-bond donors (Lipinski definition) is 4. The highest BCUT2D eigenvalue weighted by molar-refractivity contribution is 5.30. The van der Waals surface area contributed by atoms with Crippen LogP contribution in [0.1, 0.15) is 12.8 Å². The lowest BCUT2D eigenvalue weighted by Crippen LogP contribution is -2.12. The second kappa shape index (κ2) is 17.0. The third-order valence-corrected chi connectivity index (χ3v) is 2.56. The Balaban J connectivity index is 0.000000502. The predicted octanol–water partition coefficient (Wildman–Crippen LogP) is 0.832. The molecule has 0 radical (unpaired) electrons. The van der Waals surface area contributed by atoms with Crippen LogP contribution in [0.3, 0.4) is 0 Å². The first-order valence-electron chi connectivity index (χ1n) is 7.82.